The Balaban J connectivity index is 1.72. The van der Waals surface area contributed by atoms with Gasteiger partial charge in [0.05, 0.1) is 40.3 Å². The maximum absolute atomic E-state index is 12.4. The van der Waals surface area contributed by atoms with Crippen LogP contribution in [0.3, 0.4) is 0 Å². The van der Waals surface area contributed by atoms with Gasteiger partial charge in [-0.05, 0) is 21.5 Å². The number of aromatic hydroxyl groups is 1. The molecule has 0 saturated heterocycles. The monoisotopic (exact) mass is 518 g/mol. The van der Waals surface area contributed by atoms with Crippen LogP contribution in [-0.4, -0.2) is 44.0 Å². The van der Waals surface area contributed by atoms with E-state index in [4.69, 9.17) is 4.74 Å². The summed E-state index contributed by atoms with van der Waals surface area (Å²) in [6.07, 6.45) is 2.59. The van der Waals surface area contributed by atoms with E-state index in [-0.39, 0.29) is 40.7 Å². The fraction of sp³-hybridized carbons (Fsp3) is 0.105. The number of carbonyl (C=O) groups is 1. The summed E-state index contributed by atoms with van der Waals surface area (Å²) < 4.78 is 6.73. The number of nitro benzene ring substituents is 2. The van der Waals surface area contributed by atoms with Gasteiger partial charge in [0.15, 0.2) is 17.2 Å². The molecule has 0 aliphatic carbocycles. The number of hydrazone groups is 1. The van der Waals surface area contributed by atoms with Gasteiger partial charge in [-0.15, -0.1) is 0 Å². The molecule has 0 aliphatic heterocycles. The number of carbonyl (C=O) groups excluding carboxylic acids is 1. The fourth-order valence-corrected chi connectivity index (χ4v) is 3.22. The molecular weight excluding hydrogens is 504 g/mol. The van der Waals surface area contributed by atoms with Gasteiger partial charge < -0.3 is 9.84 Å². The van der Waals surface area contributed by atoms with Crippen LogP contribution in [0.4, 0.5) is 11.4 Å². The van der Waals surface area contributed by atoms with Gasteiger partial charge in [-0.25, -0.2) is 5.43 Å². The SMILES string of the molecule is COc1cc([N+](=O)[O-])cc(C=NNC(=O)c2nn(Cc3ccc([N+](=O)[O-])cc3)cc2Br)c1O. The van der Waals surface area contributed by atoms with Crippen LogP contribution in [0.15, 0.2) is 52.2 Å². The van der Waals surface area contributed by atoms with Crippen LogP contribution in [-0.2, 0) is 6.54 Å². The molecule has 0 bridgehead atoms. The highest BCUT2D eigenvalue weighted by Gasteiger charge is 2.17. The van der Waals surface area contributed by atoms with Gasteiger partial charge in [-0.1, -0.05) is 12.1 Å². The Morgan fingerprint density at radius 1 is 1.24 bits per heavy atom. The summed E-state index contributed by atoms with van der Waals surface area (Å²) >= 11 is 3.24. The third-order valence-corrected chi connectivity index (χ3v) is 4.89. The maximum atomic E-state index is 12.4. The lowest BCUT2D eigenvalue weighted by molar-refractivity contribution is -0.385. The first-order chi connectivity index (χ1) is 15.7. The number of phenolic OH excluding ortho intramolecular Hbond substituents is 1. The van der Waals surface area contributed by atoms with Gasteiger partial charge in [0.2, 0.25) is 0 Å². The molecule has 0 fully saturated rings. The van der Waals surface area contributed by atoms with Crippen molar-refractivity contribution in [3.63, 3.8) is 0 Å². The van der Waals surface area contributed by atoms with Crippen molar-refractivity contribution in [1.29, 1.82) is 0 Å². The number of aromatic nitrogens is 2. The number of phenols is 1. The number of benzene rings is 2. The van der Waals surface area contributed by atoms with E-state index < -0.39 is 15.8 Å². The first-order valence-electron chi connectivity index (χ1n) is 9.04. The van der Waals surface area contributed by atoms with Gasteiger partial charge in [-0.2, -0.15) is 10.2 Å². The summed E-state index contributed by atoms with van der Waals surface area (Å²) in [5.41, 5.74) is 2.57. The molecule has 0 saturated carbocycles. The van der Waals surface area contributed by atoms with Crippen molar-refractivity contribution in [3.8, 4) is 11.5 Å². The number of nitrogens with one attached hydrogen (secondary N) is 1. The third-order valence-electron chi connectivity index (χ3n) is 4.31. The lowest BCUT2D eigenvalue weighted by Gasteiger charge is -2.05. The standard InChI is InChI=1S/C19H15BrN6O7/c1-33-16-7-14(26(31)32)6-12(18(16)27)8-21-22-19(28)17-15(20)10-24(23-17)9-11-2-4-13(5-3-11)25(29)30/h2-8,10,27H,9H2,1H3,(H,22,28). The molecule has 0 spiro atoms. The van der Waals surface area contributed by atoms with E-state index in [2.05, 4.69) is 31.6 Å². The van der Waals surface area contributed by atoms with Crippen molar-refractivity contribution in [3.05, 3.63) is 84.1 Å². The average molecular weight is 519 g/mol. The Morgan fingerprint density at radius 3 is 2.52 bits per heavy atom. The van der Waals surface area contributed by atoms with Crippen LogP contribution < -0.4 is 10.2 Å². The molecule has 1 heterocycles. The maximum Gasteiger partial charge on any atom is 0.293 e. The van der Waals surface area contributed by atoms with Crippen molar-refractivity contribution in [2.45, 2.75) is 6.54 Å². The number of halogens is 1. The summed E-state index contributed by atoms with van der Waals surface area (Å²) in [5.74, 6) is -1.18. The molecule has 3 rings (SSSR count). The van der Waals surface area contributed by atoms with E-state index in [9.17, 15) is 30.1 Å². The molecule has 14 heteroatoms. The normalized spacial score (nSPS) is 10.8. The molecule has 0 unspecified atom stereocenters. The molecule has 1 aromatic heterocycles. The van der Waals surface area contributed by atoms with E-state index >= 15 is 0 Å². The molecule has 0 atom stereocenters. The lowest BCUT2D eigenvalue weighted by atomic mass is 10.2. The second-order valence-corrected chi connectivity index (χ2v) is 7.34. The number of hydrogen-bond donors (Lipinski definition) is 2. The van der Waals surface area contributed by atoms with Gasteiger partial charge in [0.1, 0.15) is 0 Å². The predicted octanol–water partition coefficient (Wildman–Crippen LogP) is 2.99. The van der Waals surface area contributed by atoms with Crippen LogP contribution in [0, 0.1) is 20.2 Å². The van der Waals surface area contributed by atoms with E-state index in [0.29, 0.717) is 4.47 Å². The number of nitrogens with zero attached hydrogens (tertiary/aromatic N) is 5. The Bertz CT molecular complexity index is 1260. The molecular formula is C19H15BrN6O7. The zero-order chi connectivity index (χ0) is 24.1. The van der Waals surface area contributed by atoms with Crippen LogP contribution >= 0.6 is 15.9 Å². The minimum Gasteiger partial charge on any atom is -0.504 e. The van der Waals surface area contributed by atoms with Gasteiger partial charge in [0, 0.05) is 30.0 Å². The number of amides is 1. The molecule has 170 valence electrons. The third kappa shape index (κ3) is 5.48. The highest BCUT2D eigenvalue weighted by atomic mass is 79.9. The summed E-state index contributed by atoms with van der Waals surface area (Å²) in [7, 11) is 1.24. The molecule has 3 aromatic rings. The zero-order valence-electron chi connectivity index (χ0n) is 16.8. The van der Waals surface area contributed by atoms with Crippen molar-refractivity contribution in [2.24, 2.45) is 5.10 Å². The largest absolute Gasteiger partial charge is 0.504 e. The van der Waals surface area contributed by atoms with Crippen molar-refractivity contribution >= 4 is 39.4 Å². The van der Waals surface area contributed by atoms with Crippen molar-refractivity contribution in [2.75, 3.05) is 7.11 Å². The molecule has 1 amide bonds. The first-order valence-corrected chi connectivity index (χ1v) is 9.84. The Labute approximate surface area is 193 Å². The van der Waals surface area contributed by atoms with Gasteiger partial charge in [0.25, 0.3) is 17.3 Å². The van der Waals surface area contributed by atoms with E-state index in [1.807, 2.05) is 0 Å². The first kappa shape index (κ1) is 23.3. The van der Waals surface area contributed by atoms with Crippen LogP contribution in [0.25, 0.3) is 0 Å². The molecule has 0 aliphatic rings. The Hall–Kier alpha value is -4.33. The number of hydrogen-bond acceptors (Lipinski definition) is 9. The number of ether oxygens (including phenoxy) is 1. The van der Waals surface area contributed by atoms with Crippen LogP contribution in [0.5, 0.6) is 11.5 Å². The number of non-ortho nitro benzene ring substituents is 2. The predicted molar refractivity (Wildman–Crippen MR) is 118 cm³/mol. The van der Waals surface area contributed by atoms with Gasteiger partial charge in [-0.3, -0.25) is 29.7 Å². The number of nitro groups is 2. The minimum atomic E-state index is -0.683. The van der Waals surface area contributed by atoms with E-state index in [1.165, 1.54) is 23.9 Å². The van der Waals surface area contributed by atoms with Crippen LogP contribution in [0.2, 0.25) is 0 Å². The molecule has 2 N–H and O–H groups in total. The topological polar surface area (TPSA) is 175 Å². The van der Waals surface area contributed by atoms with Crippen LogP contribution in [0.1, 0.15) is 21.6 Å². The summed E-state index contributed by atoms with van der Waals surface area (Å²) in [5, 5.41) is 39.7. The Kier molecular flexibility index (Phi) is 6.97. The highest BCUT2D eigenvalue weighted by Crippen LogP contribution is 2.33. The Morgan fingerprint density at radius 2 is 1.91 bits per heavy atom. The van der Waals surface area contributed by atoms with Crippen molar-refractivity contribution < 1.29 is 24.5 Å². The molecule has 13 nitrogen and oxygen atoms in total. The second-order valence-electron chi connectivity index (χ2n) is 6.49. The summed E-state index contributed by atoms with van der Waals surface area (Å²) in [6, 6.07) is 8.03. The quantitative estimate of drug-likeness (QED) is 0.259. The number of methoxy groups -OCH3 is 1. The summed E-state index contributed by atoms with van der Waals surface area (Å²) in [4.78, 5) is 33.0. The van der Waals surface area contributed by atoms with Crippen molar-refractivity contribution in [1.82, 2.24) is 15.2 Å². The molecule has 33 heavy (non-hydrogen) atoms. The number of rotatable bonds is 8. The lowest BCUT2D eigenvalue weighted by Crippen LogP contribution is -2.19. The second kappa shape index (κ2) is 9.86. The fourth-order valence-electron chi connectivity index (χ4n) is 2.73. The molecule has 2 aromatic carbocycles. The molecule has 0 radical (unpaired) electrons. The zero-order valence-corrected chi connectivity index (χ0v) is 18.4. The average Bonchev–Trinajstić information content (AvgIpc) is 3.14. The smallest absolute Gasteiger partial charge is 0.293 e. The van der Waals surface area contributed by atoms with E-state index in [1.54, 1.807) is 18.3 Å². The summed E-state index contributed by atoms with van der Waals surface area (Å²) in [6.45, 7) is 0.258. The van der Waals surface area contributed by atoms with E-state index in [0.717, 1.165) is 23.9 Å². The van der Waals surface area contributed by atoms with Gasteiger partial charge >= 0.3 is 0 Å². The highest BCUT2D eigenvalue weighted by molar-refractivity contribution is 9.10. The minimum absolute atomic E-state index is 0.00917.